The Balaban J connectivity index is 1.69. The van der Waals surface area contributed by atoms with E-state index in [1.54, 1.807) is 0 Å². The molecule has 0 saturated carbocycles. The Bertz CT molecular complexity index is 550. The van der Waals surface area contributed by atoms with E-state index in [1.807, 2.05) is 35.2 Å². The number of rotatable bonds is 3. The fourth-order valence-corrected chi connectivity index (χ4v) is 5.08. The van der Waals surface area contributed by atoms with Crippen molar-refractivity contribution in [1.29, 1.82) is 0 Å². The first-order chi connectivity index (χ1) is 9.22. The van der Waals surface area contributed by atoms with Crippen LogP contribution in [0.25, 0.3) is 0 Å². The molecule has 2 heterocycles. The normalized spacial score (nSPS) is 22.2. The molecule has 3 rings (SSSR count). The molecule has 19 heavy (non-hydrogen) atoms. The van der Waals surface area contributed by atoms with Crippen LogP contribution in [0.2, 0.25) is 5.02 Å². The van der Waals surface area contributed by atoms with Crippen LogP contribution in [0.1, 0.15) is 30.5 Å². The highest BCUT2D eigenvalue weighted by Crippen LogP contribution is 2.43. The minimum Gasteiger partial charge on any atom is -0.306 e. The van der Waals surface area contributed by atoms with Gasteiger partial charge in [-0.25, -0.2) is 0 Å². The molecule has 1 aliphatic rings. The van der Waals surface area contributed by atoms with Gasteiger partial charge in [-0.1, -0.05) is 30.7 Å². The third-order valence-corrected chi connectivity index (χ3v) is 5.97. The zero-order valence-electron chi connectivity index (χ0n) is 10.7. The summed E-state index contributed by atoms with van der Waals surface area (Å²) < 4.78 is 1.48. The molecular weight excluding hydrogens is 294 g/mol. The summed E-state index contributed by atoms with van der Waals surface area (Å²) in [7, 11) is 0. The van der Waals surface area contributed by atoms with Crippen molar-refractivity contribution in [2.75, 3.05) is 0 Å². The van der Waals surface area contributed by atoms with E-state index in [1.165, 1.54) is 21.8 Å². The molecule has 4 heteroatoms. The van der Waals surface area contributed by atoms with Gasteiger partial charge < -0.3 is 5.32 Å². The van der Waals surface area contributed by atoms with Crippen LogP contribution >= 0.6 is 34.7 Å². The molecule has 1 N–H and O–H groups in total. The lowest BCUT2D eigenvalue weighted by atomic mass is 10.0. The molecule has 2 atom stereocenters. The molecule has 1 unspecified atom stereocenters. The van der Waals surface area contributed by atoms with Gasteiger partial charge in [0.25, 0.3) is 0 Å². The minimum atomic E-state index is 0.480. The molecule has 0 radical (unpaired) electrons. The second-order valence-corrected chi connectivity index (χ2v) is 7.95. The summed E-state index contributed by atoms with van der Waals surface area (Å²) in [5, 5.41) is 7.37. The summed E-state index contributed by atoms with van der Waals surface area (Å²) in [6.45, 7) is 3.21. The summed E-state index contributed by atoms with van der Waals surface area (Å²) >= 11 is 9.78. The Morgan fingerprint density at radius 1 is 1.26 bits per heavy atom. The Kier molecular flexibility index (Phi) is 4.18. The maximum Gasteiger partial charge on any atom is 0.0649 e. The topological polar surface area (TPSA) is 12.0 Å². The average Bonchev–Trinajstić information content (AvgIpc) is 2.85. The van der Waals surface area contributed by atoms with Crippen molar-refractivity contribution in [2.45, 2.75) is 35.4 Å². The quantitative estimate of drug-likeness (QED) is 0.845. The van der Waals surface area contributed by atoms with Crippen molar-refractivity contribution in [3.05, 3.63) is 51.9 Å². The van der Waals surface area contributed by atoms with Gasteiger partial charge in [-0.05, 0) is 41.1 Å². The number of thioether (sulfide) groups is 1. The summed E-state index contributed by atoms with van der Waals surface area (Å²) in [4.78, 5) is 0. The third kappa shape index (κ3) is 3.16. The van der Waals surface area contributed by atoms with Crippen molar-refractivity contribution in [1.82, 2.24) is 5.32 Å². The zero-order valence-corrected chi connectivity index (χ0v) is 13.1. The Morgan fingerprint density at radius 2 is 2.05 bits per heavy atom. The van der Waals surface area contributed by atoms with E-state index >= 15 is 0 Å². The van der Waals surface area contributed by atoms with Crippen LogP contribution in [0.4, 0.5) is 0 Å². The predicted octanol–water partition coefficient (Wildman–Crippen LogP) is 5.12. The van der Waals surface area contributed by atoms with Crippen LogP contribution in [0, 0.1) is 0 Å². The third-order valence-electron chi connectivity index (χ3n) is 3.38. The summed E-state index contributed by atoms with van der Waals surface area (Å²) in [6.07, 6.45) is 1.20. The Hall–Kier alpha value is -0.480. The number of nitrogens with one attached hydrogen (secondary N) is 1. The Morgan fingerprint density at radius 3 is 2.84 bits per heavy atom. The standard InChI is InChI=1S/C15H16ClNS2/c1-10-8-14(13-6-7-18-15(13)19-10)17-9-11-2-4-12(16)5-3-11/h2-7,10,14,17H,8-9H2,1H3/t10-,14?/m0/s1. The van der Waals surface area contributed by atoms with Crippen LogP contribution in [-0.4, -0.2) is 5.25 Å². The van der Waals surface area contributed by atoms with Crippen molar-refractivity contribution in [3.63, 3.8) is 0 Å². The number of hydrogen-bond donors (Lipinski definition) is 1. The molecule has 0 spiro atoms. The van der Waals surface area contributed by atoms with Crippen LogP contribution in [0.5, 0.6) is 0 Å². The second-order valence-electron chi connectivity index (χ2n) is 4.89. The first-order valence-corrected chi connectivity index (χ1v) is 8.58. The van der Waals surface area contributed by atoms with Crippen molar-refractivity contribution < 1.29 is 0 Å². The van der Waals surface area contributed by atoms with E-state index in [2.05, 4.69) is 35.8 Å². The number of halogens is 1. The van der Waals surface area contributed by atoms with Crippen molar-refractivity contribution in [3.8, 4) is 0 Å². The van der Waals surface area contributed by atoms with Crippen molar-refractivity contribution >= 4 is 34.7 Å². The van der Waals surface area contributed by atoms with Crippen molar-refractivity contribution in [2.24, 2.45) is 0 Å². The molecule has 0 amide bonds. The summed E-state index contributed by atoms with van der Waals surface area (Å²) in [6, 6.07) is 10.8. The lowest BCUT2D eigenvalue weighted by Crippen LogP contribution is -2.26. The van der Waals surface area contributed by atoms with Gasteiger partial charge in [0.1, 0.15) is 0 Å². The highest BCUT2D eigenvalue weighted by atomic mass is 35.5. The maximum absolute atomic E-state index is 5.91. The summed E-state index contributed by atoms with van der Waals surface area (Å²) in [5.74, 6) is 0. The van der Waals surface area contributed by atoms with E-state index in [-0.39, 0.29) is 0 Å². The number of fused-ring (bicyclic) bond motifs is 1. The lowest BCUT2D eigenvalue weighted by Gasteiger charge is -2.27. The molecule has 0 saturated heterocycles. The highest BCUT2D eigenvalue weighted by molar-refractivity contribution is 8.01. The van der Waals surface area contributed by atoms with E-state index < -0.39 is 0 Å². The fraction of sp³-hybridized carbons (Fsp3) is 0.333. The van der Waals surface area contributed by atoms with Gasteiger partial charge >= 0.3 is 0 Å². The van der Waals surface area contributed by atoms with Crippen LogP contribution in [-0.2, 0) is 6.54 Å². The van der Waals surface area contributed by atoms with Crippen LogP contribution in [0.3, 0.4) is 0 Å². The van der Waals surface area contributed by atoms with Crippen LogP contribution < -0.4 is 5.32 Å². The number of benzene rings is 1. The van der Waals surface area contributed by atoms with Crippen LogP contribution in [0.15, 0.2) is 39.9 Å². The SMILES string of the molecule is C[C@H]1CC(NCc2ccc(Cl)cc2)c2ccsc2S1. The number of hydrogen-bond acceptors (Lipinski definition) is 3. The first-order valence-electron chi connectivity index (χ1n) is 6.44. The smallest absolute Gasteiger partial charge is 0.0649 e. The highest BCUT2D eigenvalue weighted by Gasteiger charge is 2.25. The Labute approximate surface area is 127 Å². The largest absolute Gasteiger partial charge is 0.306 e. The molecule has 0 aliphatic carbocycles. The van der Waals surface area contributed by atoms with Gasteiger partial charge in [0.15, 0.2) is 0 Å². The minimum absolute atomic E-state index is 0.480. The van der Waals surface area contributed by atoms with E-state index in [0.717, 1.165) is 11.6 Å². The zero-order chi connectivity index (χ0) is 13.2. The van der Waals surface area contributed by atoms with E-state index in [4.69, 9.17) is 11.6 Å². The first kappa shape index (κ1) is 13.5. The van der Waals surface area contributed by atoms with E-state index in [0.29, 0.717) is 11.3 Å². The molecule has 1 aromatic heterocycles. The summed E-state index contributed by atoms with van der Waals surface area (Å²) in [5.41, 5.74) is 2.76. The lowest BCUT2D eigenvalue weighted by molar-refractivity contribution is 0.488. The van der Waals surface area contributed by atoms with Gasteiger partial charge in [-0.3, -0.25) is 0 Å². The van der Waals surface area contributed by atoms with Gasteiger partial charge in [-0.2, -0.15) is 0 Å². The molecule has 1 nitrogen and oxygen atoms in total. The molecule has 2 aromatic rings. The van der Waals surface area contributed by atoms with Gasteiger partial charge in [-0.15, -0.1) is 23.1 Å². The molecule has 1 aliphatic heterocycles. The number of thiophene rings is 1. The molecule has 100 valence electrons. The average molecular weight is 310 g/mol. The monoisotopic (exact) mass is 309 g/mol. The molecular formula is C15H16ClNS2. The molecule has 1 aromatic carbocycles. The van der Waals surface area contributed by atoms with Gasteiger partial charge in [0.2, 0.25) is 0 Å². The molecule has 0 fully saturated rings. The van der Waals surface area contributed by atoms with E-state index in [9.17, 15) is 0 Å². The second kappa shape index (κ2) is 5.88. The predicted molar refractivity (Wildman–Crippen MR) is 85.3 cm³/mol. The van der Waals surface area contributed by atoms with Gasteiger partial charge in [0.05, 0.1) is 4.21 Å². The molecule has 0 bridgehead atoms. The maximum atomic E-state index is 5.91. The van der Waals surface area contributed by atoms with Gasteiger partial charge in [0, 0.05) is 22.9 Å². The fourth-order valence-electron chi connectivity index (χ4n) is 2.39.